The van der Waals surface area contributed by atoms with Gasteiger partial charge in [-0.15, -0.1) is 0 Å². The Morgan fingerprint density at radius 3 is 2.79 bits per heavy atom. The Hall–Kier alpha value is -0.0400. The van der Waals surface area contributed by atoms with Crippen molar-refractivity contribution in [2.24, 2.45) is 29.1 Å². The van der Waals surface area contributed by atoms with Gasteiger partial charge in [0.15, 0.2) is 0 Å². The van der Waals surface area contributed by atoms with Crippen molar-refractivity contribution in [1.29, 1.82) is 0 Å². The lowest BCUT2D eigenvalue weighted by Gasteiger charge is -2.41. The van der Waals surface area contributed by atoms with Crippen LogP contribution in [0.2, 0.25) is 0 Å². The van der Waals surface area contributed by atoms with E-state index in [0.29, 0.717) is 5.41 Å². The summed E-state index contributed by atoms with van der Waals surface area (Å²) in [7, 11) is 0. The Bertz CT molecular complexity index is 250. The third-order valence-electron chi connectivity index (χ3n) is 5.74. The lowest BCUT2D eigenvalue weighted by molar-refractivity contribution is 0.103. The third kappa shape index (κ3) is 0.900. The summed E-state index contributed by atoms with van der Waals surface area (Å²) < 4.78 is 0. The molecule has 6 atom stereocenters. The Morgan fingerprint density at radius 1 is 1.36 bits per heavy atom. The minimum Gasteiger partial charge on any atom is -0.314 e. The van der Waals surface area contributed by atoms with Gasteiger partial charge >= 0.3 is 0 Å². The van der Waals surface area contributed by atoms with Crippen LogP contribution in [0.4, 0.5) is 0 Å². The Kier molecular flexibility index (Phi) is 1.81. The van der Waals surface area contributed by atoms with Crippen LogP contribution in [0.1, 0.15) is 40.0 Å². The average Bonchev–Trinajstić information content (AvgIpc) is 2.65. The van der Waals surface area contributed by atoms with Gasteiger partial charge in [-0.2, -0.15) is 0 Å². The summed E-state index contributed by atoms with van der Waals surface area (Å²) >= 11 is 0. The van der Waals surface area contributed by atoms with E-state index in [4.69, 9.17) is 0 Å². The monoisotopic (exact) mass is 193 g/mol. The first-order valence-electron chi connectivity index (χ1n) is 6.40. The molecule has 1 nitrogen and oxygen atoms in total. The van der Waals surface area contributed by atoms with Crippen molar-refractivity contribution in [3.05, 3.63) is 0 Å². The summed E-state index contributed by atoms with van der Waals surface area (Å²) in [4.78, 5) is 0. The maximum atomic E-state index is 3.72. The Labute approximate surface area is 87.7 Å². The van der Waals surface area contributed by atoms with E-state index < -0.39 is 0 Å². The number of hydrogen-bond acceptors (Lipinski definition) is 1. The second-order valence-electron chi connectivity index (χ2n) is 6.20. The lowest BCUT2D eigenvalue weighted by Crippen LogP contribution is -2.43. The highest BCUT2D eigenvalue weighted by Crippen LogP contribution is 2.69. The molecular weight excluding hydrogens is 170 g/mol. The predicted octanol–water partition coefficient (Wildman–Crippen LogP) is 2.67. The molecule has 0 aromatic heterocycles. The zero-order chi connectivity index (χ0) is 9.92. The van der Waals surface area contributed by atoms with Gasteiger partial charge in [-0.3, -0.25) is 0 Å². The van der Waals surface area contributed by atoms with Crippen LogP contribution >= 0.6 is 0 Å². The molecule has 0 aromatic carbocycles. The maximum Gasteiger partial charge on any atom is 0.0106 e. The second kappa shape index (κ2) is 2.75. The zero-order valence-corrected chi connectivity index (χ0v) is 9.72. The molecule has 1 N–H and O–H groups in total. The smallest absolute Gasteiger partial charge is 0.0106 e. The second-order valence-corrected chi connectivity index (χ2v) is 6.20. The molecule has 0 aliphatic heterocycles. The van der Waals surface area contributed by atoms with E-state index >= 15 is 0 Å². The van der Waals surface area contributed by atoms with Crippen molar-refractivity contribution in [3.8, 4) is 0 Å². The minimum atomic E-state index is 0.695. The summed E-state index contributed by atoms with van der Waals surface area (Å²) in [5, 5.41) is 3.72. The van der Waals surface area contributed by atoms with Gasteiger partial charge in [0.1, 0.15) is 0 Å². The fourth-order valence-electron chi connectivity index (χ4n) is 5.14. The lowest BCUT2D eigenvalue weighted by atomic mass is 9.67. The van der Waals surface area contributed by atoms with E-state index in [1.54, 1.807) is 0 Å². The molecule has 3 saturated carbocycles. The normalized spacial score (nSPS) is 59.8. The molecule has 3 aliphatic rings. The van der Waals surface area contributed by atoms with Gasteiger partial charge in [0.05, 0.1) is 0 Å². The highest BCUT2D eigenvalue weighted by atomic mass is 15.0. The van der Waals surface area contributed by atoms with Crippen molar-refractivity contribution >= 4 is 0 Å². The standard InChI is InChI=1S/C13H23N/c1-4-14-11-6-9-7-13(3)8(2)5-10(9)12(11)13/h8-12,14H,4-7H2,1-3H3/t8-,9-,10?,11+,12+,13+/m0/s1. The molecule has 0 heterocycles. The van der Waals surface area contributed by atoms with Crippen LogP contribution in [0.5, 0.6) is 0 Å². The van der Waals surface area contributed by atoms with Crippen LogP contribution in [0, 0.1) is 29.1 Å². The first kappa shape index (κ1) is 9.21. The van der Waals surface area contributed by atoms with Gasteiger partial charge in [0, 0.05) is 6.04 Å². The first-order valence-corrected chi connectivity index (χ1v) is 6.40. The number of hydrogen-bond donors (Lipinski definition) is 1. The van der Waals surface area contributed by atoms with E-state index in [9.17, 15) is 0 Å². The van der Waals surface area contributed by atoms with Gasteiger partial charge in [0.2, 0.25) is 0 Å². The van der Waals surface area contributed by atoms with Crippen molar-refractivity contribution in [2.75, 3.05) is 6.54 Å². The molecule has 0 saturated heterocycles. The highest BCUT2D eigenvalue weighted by molar-refractivity contribution is 5.15. The largest absolute Gasteiger partial charge is 0.314 e. The van der Waals surface area contributed by atoms with Gasteiger partial charge < -0.3 is 5.32 Å². The summed E-state index contributed by atoms with van der Waals surface area (Å²) in [5.41, 5.74) is 0.695. The Morgan fingerprint density at radius 2 is 2.14 bits per heavy atom. The fourth-order valence-corrected chi connectivity index (χ4v) is 5.14. The molecule has 3 rings (SSSR count). The van der Waals surface area contributed by atoms with Crippen molar-refractivity contribution < 1.29 is 0 Å². The molecular formula is C13H23N. The molecule has 1 unspecified atom stereocenters. The van der Waals surface area contributed by atoms with E-state index in [2.05, 4.69) is 26.1 Å². The first-order chi connectivity index (χ1) is 6.66. The summed E-state index contributed by atoms with van der Waals surface area (Å²) in [6.45, 7) is 8.45. The molecule has 0 spiro atoms. The quantitative estimate of drug-likeness (QED) is 0.711. The van der Waals surface area contributed by atoms with Crippen molar-refractivity contribution in [1.82, 2.24) is 5.32 Å². The molecule has 14 heavy (non-hydrogen) atoms. The fraction of sp³-hybridized carbons (Fsp3) is 1.00. The van der Waals surface area contributed by atoms with Crippen LogP contribution in [0.25, 0.3) is 0 Å². The van der Waals surface area contributed by atoms with Crippen LogP contribution in [0.3, 0.4) is 0 Å². The van der Waals surface area contributed by atoms with Gasteiger partial charge in [-0.05, 0) is 54.9 Å². The highest BCUT2D eigenvalue weighted by Gasteiger charge is 2.65. The van der Waals surface area contributed by atoms with Gasteiger partial charge in [-0.1, -0.05) is 20.8 Å². The van der Waals surface area contributed by atoms with E-state index in [-0.39, 0.29) is 0 Å². The van der Waals surface area contributed by atoms with E-state index in [0.717, 1.165) is 36.3 Å². The van der Waals surface area contributed by atoms with Crippen molar-refractivity contribution in [2.45, 2.75) is 46.1 Å². The number of nitrogens with one attached hydrogen (secondary N) is 1. The van der Waals surface area contributed by atoms with Crippen LogP contribution in [-0.2, 0) is 0 Å². The Balaban J connectivity index is 1.87. The summed E-state index contributed by atoms with van der Waals surface area (Å²) in [5.74, 6) is 4.15. The zero-order valence-electron chi connectivity index (χ0n) is 9.72. The average molecular weight is 193 g/mol. The van der Waals surface area contributed by atoms with Gasteiger partial charge in [0.25, 0.3) is 0 Å². The maximum absolute atomic E-state index is 3.72. The molecule has 0 amide bonds. The van der Waals surface area contributed by atoms with Crippen LogP contribution in [0.15, 0.2) is 0 Å². The molecule has 3 fully saturated rings. The molecule has 4 bridgehead atoms. The third-order valence-corrected chi connectivity index (χ3v) is 5.74. The summed E-state index contributed by atoms with van der Waals surface area (Å²) in [6.07, 6.45) is 4.53. The van der Waals surface area contributed by atoms with E-state index in [1.807, 2.05) is 0 Å². The molecule has 3 aliphatic carbocycles. The predicted molar refractivity (Wildman–Crippen MR) is 59.1 cm³/mol. The van der Waals surface area contributed by atoms with Crippen LogP contribution in [-0.4, -0.2) is 12.6 Å². The van der Waals surface area contributed by atoms with E-state index in [1.165, 1.54) is 19.3 Å². The van der Waals surface area contributed by atoms with Crippen molar-refractivity contribution in [3.63, 3.8) is 0 Å². The van der Waals surface area contributed by atoms with Gasteiger partial charge in [-0.25, -0.2) is 0 Å². The molecule has 1 heteroatoms. The van der Waals surface area contributed by atoms with Crippen LogP contribution < -0.4 is 5.32 Å². The minimum absolute atomic E-state index is 0.695. The SMILES string of the molecule is CCN[C@@H]1C[C@H]2C[C@@]3(C)[C@@H]1C2C[C@@H]3C. The topological polar surface area (TPSA) is 12.0 Å². The molecule has 0 aromatic rings. The number of rotatable bonds is 2. The molecule has 80 valence electrons. The molecule has 0 radical (unpaired) electrons. The summed E-state index contributed by atoms with van der Waals surface area (Å²) in [6, 6.07) is 0.860.